The van der Waals surface area contributed by atoms with Crippen molar-refractivity contribution in [1.82, 2.24) is 15.2 Å². The van der Waals surface area contributed by atoms with Crippen LogP contribution in [0.5, 0.6) is 5.88 Å². The Morgan fingerprint density at radius 2 is 1.88 bits per heavy atom. The van der Waals surface area contributed by atoms with E-state index in [9.17, 15) is 18.3 Å². The van der Waals surface area contributed by atoms with Crippen molar-refractivity contribution in [1.29, 1.82) is 0 Å². The van der Waals surface area contributed by atoms with Crippen molar-refractivity contribution in [2.75, 3.05) is 39.4 Å². The normalized spacial score (nSPS) is 15.3. The molecule has 1 amide bonds. The molecule has 5 N–H and O–H groups in total. The van der Waals surface area contributed by atoms with Crippen LogP contribution < -0.4 is 10.5 Å². The lowest BCUT2D eigenvalue weighted by Crippen LogP contribution is -2.41. The van der Waals surface area contributed by atoms with Crippen LogP contribution in [0.1, 0.15) is 10.4 Å². The number of hydrogen-bond donors (Lipinski definition) is 4. The molecule has 2 aromatic carbocycles. The Morgan fingerprint density at radius 3 is 2.58 bits per heavy atom. The van der Waals surface area contributed by atoms with Gasteiger partial charge in [-0.15, -0.1) is 5.11 Å². The van der Waals surface area contributed by atoms with E-state index in [4.69, 9.17) is 9.88 Å². The summed E-state index contributed by atoms with van der Waals surface area (Å²) >= 11 is 0. The summed E-state index contributed by atoms with van der Waals surface area (Å²) in [5, 5.41) is 26.9. The summed E-state index contributed by atoms with van der Waals surface area (Å²) in [5.74, 6) is -0.424. The van der Waals surface area contributed by atoms with E-state index in [1.165, 1.54) is 24.3 Å². The van der Waals surface area contributed by atoms with Crippen molar-refractivity contribution in [3.05, 3.63) is 48.0 Å². The van der Waals surface area contributed by atoms with Crippen molar-refractivity contribution in [3.63, 3.8) is 0 Å². The van der Waals surface area contributed by atoms with Gasteiger partial charge in [0, 0.05) is 37.1 Å². The minimum Gasteiger partial charge on any atom is -0.493 e. The van der Waals surface area contributed by atoms with Gasteiger partial charge in [-0.3, -0.25) is 9.69 Å². The van der Waals surface area contributed by atoms with Gasteiger partial charge in [-0.05, 0) is 42.5 Å². The van der Waals surface area contributed by atoms with Crippen molar-refractivity contribution in [2.45, 2.75) is 4.90 Å². The average Bonchev–Trinajstić information content (AvgIpc) is 3.12. The largest absolute Gasteiger partial charge is 0.493 e. The fourth-order valence-corrected chi connectivity index (χ4v) is 3.99. The van der Waals surface area contributed by atoms with Crippen LogP contribution in [0.4, 0.5) is 11.4 Å². The highest BCUT2D eigenvalue weighted by Gasteiger charge is 2.15. The Bertz CT molecular complexity index is 1280. The second-order valence-corrected chi connectivity index (χ2v) is 9.09. The molecule has 0 aliphatic carbocycles. The smallest absolute Gasteiger partial charge is 0.251 e. The summed E-state index contributed by atoms with van der Waals surface area (Å²) in [6, 6.07) is 10.5. The summed E-state index contributed by atoms with van der Waals surface area (Å²) in [6.07, 6.45) is 0. The number of H-pyrrole nitrogens is 1. The topological polar surface area (TPSA) is 162 Å². The molecule has 0 atom stereocenters. The predicted octanol–water partition coefficient (Wildman–Crippen LogP) is 2.00. The molecule has 1 fully saturated rings. The molecule has 2 heterocycles. The molecule has 1 aliphatic rings. The van der Waals surface area contributed by atoms with Gasteiger partial charge in [-0.25, -0.2) is 13.6 Å². The SMILES string of the molecule is NS(=O)(=O)c1ccc(N=Nc2c(O)[nH]c3ccc(C(=O)NCCN4CCOCC4)cc23)cc1. The highest BCUT2D eigenvalue weighted by atomic mass is 32.2. The standard InChI is InChI=1S/C21H24N6O5S/c22-33(30,31)16-4-2-15(3-5-16)25-26-19-17-13-14(1-6-18(17)24-21(19)29)20(28)23-7-8-27-9-11-32-12-10-27/h1-6,13,24,29H,7-12H2,(H,23,28)(H2,22,30,31). The Kier molecular flexibility index (Phi) is 6.70. The number of aromatic hydroxyl groups is 1. The number of azo groups is 1. The van der Waals surface area contributed by atoms with Gasteiger partial charge in [0.2, 0.25) is 15.9 Å². The molecule has 3 aromatic rings. The predicted molar refractivity (Wildman–Crippen MR) is 122 cm³/mol. The quantitative estimate of drug-likeness (QED) is 0.384. The molecule has 12 heteroatoms. The maximum Gasteiger partial charge on any atom is 0.251 e. The summed E-state index contributed by atoms with van der Waals surface area (Å²) in [6.45, 7) is 4.36. The van der Waals surface area contributed by atoms with Crippen LogP contribution in [0.2, 0.25) is 0 Å². The van der Waals surface area contributed by atoms with Gasteiger partial charge in [-0.1, -0.05) is 0 Å². The van der Waals surface area contributed by atoms with Gasteiger partial charge in [0.05, 0.1) is 29.3 Å². The number of ether oxygens (including phenoxy) is 1. The number of nitrogens with one attached hydrogen (secondary N) is 2. The molecule has 0 radical (unpaired) electrons. The average molecular weight is 473 g/mol. The van der Waals surface area contributed by atoms with Gasteiger partial charge in [0.15, 0.2) is 5.69 Å². The highest BCUT2D eigenvalue weighted by Crippen LogP contribution is 2.36. The minimum atomic E-state index is -3.80. The Balaban J connectivity index is 1.48. The first-order valence-corrected chi connectivity index (χ1v) is 11.8. The highest BCUT2D eigenvalue weighted by molar-refractivity contribution is 7.89. The van der Waals surface area contributed by atoms with Crippen molar-refractivity contribution in [3.8, 4) is 5.88 Å². The number of morpholine rings is 1. The molecular formula is C21H24N6O5S. The van der Waals surface area contributed by atoms with Crippen LogP contribution >= 0.6 is 0 Å². The number of hydrogen-bond acceptors (Lipinski definition) is 8. The van der Waals surface area contributed by atoms with Crippen LogP contribution in [-0.2, 0) is 14.8 Å². The van der Waals surface area contributed by atoms with E-state index < -0.39 is 10.0 Å². The molecule has 4 rings (SSSR count). The third kappa shape index (κ3) is 5.54. The van der Waals surface area contributed by atoms with Crippen molar-refractivity contribution >= 4 is 38.2 Å². The second-order valence-electron chi connectivity index (χ2n) is 7.53. The monoisotopic (exact) mass is 472 g/mol. The molecule has 1 aliphatic heterocycles. The van der Waals surface area contributed by atoms with E-state index in [1.54, 1.807) is 18.2 Å². The molecule has 0 unspecified atom stereocenters. The van der Waals surface area contributed by atoms with Crippen molar-refractivity contribution in [2.24, 2.45) is 15.4 Å². The van der Waals surface area contributed by atoms with Gasteiger partial charge in [-0.2, -0.15) is 5.11 Å². The van der Waals surface area contributed by atoms with E-state index in [0.717, 1.165) is 19.6 Å². The molecule has 33 heavy (non-hydrogen) atoms. The van der Waals surface area contributed by atoms with Crippen LogP contribution in [0.15, 0.2) is 57.6 Å². The number of benzene rings is 2. The fourth-order valence-electron chi connectivity index (χ4n) is 3.47. The summed E-state index contributed by atoms with van der Waals surface area (Å²) in [7, 11) is -3.80. The van der Waals surface area contributed by atoms with Crippen LogP contribution in [-0.4, -0.2) is 68.7 Å². The number of carbonyl (C=O) groups excluding carboxylic acids is 1. The van der Waals surface area contributed by atoms with Crippen LogP contribution in [0.25, 0.3) is 10.9 Å². The lowest BCUT2D eigenvalue weighted by Gasteiger charge is -2.26. The van der Waals surface area contributed by atoms with E-state index in [1.807, 2.05) is 0 Å². The molecule has 0 spiro atoms. The Morgan fingerprint density at radius 1 is 1.15 bits per heavy atom. The molecule has 174 valence electrons. The number of amides is 1. The minimum absolute atomic E-state index is 0.0411. The van der Waals surface area contributed by atoms with E-state index in [-0.39, 0.29) is 22.4 Å². The number of primary sulfonamides is 1. The number of fused-ring (bicyclic) bond motifs is 1. The zero-order valence-corrected chi connectivity index (χ0v) is 18.5. The van der Waals surface area contributed by atoms with Gasteiger partial charge in [0.25, 0.3) is 5.91 Å². The molecule has 1 aromatic heterocycles. The zero-order chi connectivity index (χ0) is 23.4. The van der Waals surface area contributed by atoms with E-state index in [2.05, 4.69) is 25.4 Å². The van der Waals surface area contributed by atoms with Crippen LogP contribution in [0.3, 0.4) is 0 Å². The number of nitrogens with two attached hydrogens (primary N) is 1. The number of aromatic amines is 1. The lowest BCUT2D eigenvalue weighted by atomic mass is 10.1. The van der Waals surface area contributed by atoms with Crippen molar-refractivity contribution < 1.29 is 23.1 Å². The first kappa shape index (κ1) is 22.9. The lowest BCUT2D eigenvalue weighted by molar-refractivity contribution is 0.0383. The Hall–Kier alpha value is -3.32. The van der Waals surface area contributed by atoms with Gasteiger partial charge < -0.3 is 20.1 Å². The second kappa shape index (κ2) is 9.67. The molecular weight excluding hydrogens is 448 g/mol. The summed E-state index contributed by atoms with van der Waals surface area (Å²) in [4.78, 5) is 17.6. The van der Waals surface area contributed by atoms with Gasteiger partial charge >= 0.3 is 0 Å². The van der Waals surface area contributed by atoms with E-state index in [0.29, 0.717) is 41.9 Å². The summed E-state index contributed by atoms with van der Waals surface area (Å²) in [5.41, 5.74) is 1.56. The zero-order valence-electron chi connectivity index (χ0n) is 17.7. The number of nitrogens with zero attached hydrogens (tertiary/aromatic N) is 3. The maximum atomic E-state index is 12.6. The van der Waals surface area contributed by atoms with Crippen LogP contribution in [0, 0.1) is 0 Å². The number of carbonyl (C=O) groups is 1. The molecule has 0 bridgehead atoms. The third-order valence-corrected chi connectivity index (χ3v) is 6.19. The summed E-state index contributed by atoms with van der Waals surface area (Å²) < 4.78 is 28.0. The first-order chi connectivity index (χ1) is 15.8. The molecule has 0 saturated carbocycles. The Labute approximate surface area is 190 Å². The first-order valence-electron chi connectivity index (χ1n) is 10.3. The number of aromatic nitrogens is 1. The number of rotatable bonds is 7. The number of sulfonamides is 1. The molecule has 1 saturated heterocycles. The third-order valence-electron chi connectivity index (χ3n) is 5.26. The molecule has 11 nitrogen and oxygen atoms in total. The fraction of sp³-hybridized carbons (Fsp3) is 0.286. The van der Waals surface area contributed by atoms with Gasteiger partial charge in [0.1, 0.15) is 0 Å². The van der Waals surface area contributed by atoms with E-state index >= 15 is 0 Å². The maximum absolute atomic E-state index is 12.6.